The highest BCUT2D eigenvalue weighted by Gasteiger charge is 2.34. The fraction of sp³-hybridized carbons (Fsp3) is 0.850. The van der Waals surface area contributed by atoms with Gasteiger partial charge in [0.15, 0.2) is 0 Å². The number of nitrogens with one attached hydrogen (secondary N) is 2. The second-order valence-electron chi connectivity index (χ2n) is 8.14. The molecule has 3 rings (SSSR count). The van der Waals surface area contributed by atoms with Crippen molar-refractivity contribution in [3.8, 4) is 0 Å². The highest BCUT2D eigenvalue weighted by molar-refractivity contribution is 7.09. The normalized spacial score (nSPS) is 20.1. The van der Waals surface area contributed by atoms with Crippen molar-refractivity contribution < 1.29 is 4.79 Å². The maximum Gasteiger partial charge on any atom is 0.234 e. The Morgan fingerprint density at radius 2 is 1.85 bits per heavy atom. The Hall–Kier alpha value is -1.21. The van der Waals surface area contributed by atoms with Crippen molar-refractivity contribution >= 4 is 22.6 Å². The Balaban J connectivity index is 1.58. The Bertz CT molecular complexity index is 589. The highest BCUT2D eigenvalue weighted by atomic mass is 32.1. The average Bonchev–Trinajstić information content (AvgIpc) is 3.36. The fourth-order valence-corrected chi connectivity index (χ4v) is 5.10. The van der Waals surface area contributed by atoms with Crippen LogP contribution in [0.15, 0.2) is 0 Å². The van der Waals surface area contributed by atoms with Crippen molar-refractivity contribution in [1.29, 1.82) is 0 Å². The zero-order valence-electron chi connectivity index (χ0n) is 16.9. The lowest BCUT2D eigenvalue weighted by Crippen LogP contribution is -2.56. The molecule has 0 bridgehead atoms. The molecule has 0 aromatic carbocycles. The van der Waals surface area contributed by atoms with Crippen LogP contribution in [0, 0.1) is 0 Å². The number of hydrogen-bond donors (Lipinski definition) is 2. The molecule has 0 saturated heterocycles. The Morgan fingerprint density at radius 3 is 2.52 bits per heavy atom. The van der Waals surface area contributed by atoms with Gasteiger partial charge in [-0.3, -0.25) is 9.69 Å². The Kier molecular flexibility index (Phi) is 7.47. The van der Waals surface area contributed by atoms with Crippen molar-refractivity contribution in [3.63, 3.8) is 0 Å². The van der Waals surface area contributed by atoms with E-state index in [-0.39, 0.29) is 11.4 Å². The van der Waals surface area contributed by atoms with Crippen LogP contribution in [-0.4, -0.2) is 51.9 Å². The standard InChI is InChI=1S/C20H35N5OS/c1-3-25(4-2)14-17(26)23-20(12-8-5-9-13-20)15-21-19-22-18(24-27-19)16-10-6-7-11-16/h16H,3-15H2,1-2H3,(H,23,26)(H,21,22,24). The van der Waals surface area contributed by atoms with Gasteiger partial charge in [-0.2, -0.15) is 4.37 Å². The molecule has 1 heterocycles. The van der Waals surface area contributed by atoms with Crippen molar-refractivity contribution in [2.45, 2.75) is 83.1 Å². The molecule has 2 fully saturated rings. The number of nitrogens with zero attached hydrogens (tertiary/aromatic N) is 3. The number of carbonyl (C=O) groups excluding carboxylic acids is 1. The van der Waals surface area contributed by atoms with Crippen molar-refractivity contribution in [1.82, 2.24) is 19.6 Å². The van der Waals surface area contributed by atoms with E-state index in [4.69, 9.17) is 4.98 Å². The summed E-state index contributed by atoms with van der Waals surface area (Å²) < 4.78 is 4.58. The quantitative estimate of drug-likeness (QED) is 0.668. The van der Waals surface area contributed by atoms with Gasteiger partial charge in [0.2, 0.25) is 11.0 Å². The SMILES string of the molecule is CCN(CC)CC(=O)NC1(CNc2nc(C3CCCC3)ns2)CCCCC1. The molecule has 2 aliphatic carbocycles. The van der Waals surface area contributed by atoms with Gasteiger partial charge in [0.05, 0.1) is 12.1 Å². The summed E-state index contributed by atoms with van der Waals surface area (Å²) in [7, 11) is 0. The molecule has 1 aromatic heterocycles. The predicted octanol–water partition coefficient (Wildman–Crippen LogP) is 3.77. The lowest BCUT2D eigenvalue weighted by atomic mass is 9.81. The second-order valence-corrected chi connectivity index (χ2v) is 8.90. The fourth-order valence-electron chi connectivity index (χ4n) is 4.46. The maximum atomic E-state index is 12.6. The van der Waals surface area contributed by atoms with E-state index < -0.39 is 0 Å². The molecule has 7 heteroatoms. The van der Waals surface area contributed by atoms with Gasteiger partial charge in [-0.15, -0.1) is 0 Å². The second kappa shape index (κ2) is 9.82. The number of rotatable bonds is 9. The van der Waals surface area contributed by atoms with Crippen LogP contribution < -0.4 is 10.6 Å². The molecular formula is C20H35N5OS. The van der Waals surface area contributed by atoms with Crippen molar-refractivity contribution in [3.05, 3.63) is 5.82 Å². The minimum atomic E-state index is -0.151. The van der Waals surface area contributed by atoms with Crippen LogP contribution in [0.1, 0.15) is 83.4 Å². The lowest BCUT2D eigenvalue weighted by Gasteiger charge is -2.38. The monoisotopic (exact) mass is 393 g/mol. The minimum Gasteiger partial charge on any atom is -0.358 e. The van der Waals surface area contributed by atoms with E-state index in [1.807, 2.05) is 0 Å². The minimum absolute atomic E-state index is 0.145. The van der Waals surface area contributed by atoms with Gasteiger partial charge in [-0.25, -0.2) is 4.98 Å². The average molecular weight is 394 g/mol. The largest absolute Gasteiger partial charge is 0.358 e. The van der Waals surface area contributed by atoms with Crippen molar-refractivity contribution in [2.75, 3.05) is 31.5 Å². The van der Waals surface area contributed by atoms with E-state index in [0.29, 0.717) is 12.5 Å². The first kappa shape index (κ1) is 20.5. The first-order chi connectivity index (χ1) is 13.1. The molecule has 0 radical (unpaired) electrons. The number of aromatic nitrogens is 2. The van der Waals surface area contributed by atoms with E-state index in [1.165, 1.54) is 56.5 Å². The summed E-state index contributed by atoms with van der Waals surface area (Å²) in [6, 6.07) is 0. The Labute approximate surface area is 167 Å². The number of anilines is 1. The first-order valence-electron chi connectivity index (χ1n) is 10.7. The molecule has 1 aromatic rings. The summed E-state index contributed by atoms with van der Waals surface area (Å²) in [6.07, 6.45) is 10.7. The van der Waals surface area contributed by atoms with Crippen molar-refractivity contribution in [2.24, 2.45) is 0 Å². The van der Waals surface area contributed by atoms with E-state index in [1.54, 1.807) is 0 Å². The van der Waals surface area contributed by atoms with Crippen LogP contribution in [0.2, 0.25) is 0 Å². The Morgan fingerprint density at radius 1 is 1.15 bits per heavy atom. The van der Waals surface area contributed by atoms with Gasteiger partial charge in [-0.1, -0.05) is 46.0 Å². The van der Waals surface area contributed by atoms with Crippen LogP contribution in [0.25, 0.3) is 0 Å². The number of amides is 1. The number of hydrogen-bond acceptors (Lipinski definition) is 6. The lowest BCUT2D eigenvalue weighted by molar-refractivity contribution is -0.124. The molecule has 0 atom stereocenters. The van der Waals surface area contributed by atoms with Crippen LogP contribution >= 0.6 is 11.5 Å². The maximum absolute atomic E-state index is 12.6. The third-order valence-corrected chi connectivity index (χ3v) is 6.90. The van der Waals surface area contributed by atoms with Gasteiger partial charge in [0.25, 0.3) is 0 Å². The van der Waals surface area contributed by atoms with Crippen LogP contribution in [0.3, 0.4) is 0 Å². The predicted molar refractivity (Wildman–Crippen MR) is 111 cm³/mol. The van der Waals surface area contributed by atoms with Gasteiger partial charge < -0.3 is 10.6 Å². The molecule has 2 aliphatic rings. The summed E-state index contributed by atoms with van der Waals surface area (Å²) >= 11 is 1.47. The summed E-state index contributed by atoms with van der Waals surface area (Å²) in [5.41, 5.74) is -0.151. The molecule has 2 saturated carbocycles. The summed E-state index contributed by atoms with van der Waals surface area (Å²) in [5, 5.41) is 7.78. The third kappa shape index (κ3) is 5.64. The molecule has 0 aliphatic heterocycles. The van der Waals surface area contributed by atoms with Gasteiger partial charge in [0.1, 0.15) is 5.82 Å². The molecule has 6 nitrogen and oxygen atoms in total. The van der Waals surface area contributed by atoms with Gasteiger partial charge >= 0.3 is 0 Å². The molecule has 0 unspecified atom stereocenters. The number of carbonyl (C=O) groups is 1. The molecule has 152 valence electrons. The molecule has 2 N–H and O–H groups in total. The zero-order chi connectivity index (χ0) is 19.1. The topological polar surface area (TPSA) is 70.2 Å². The van der Waals surface area contributed by atoms with E-state index in [0.717, 1.165) is 43.4 Å². The van der Waals surface area contributed by atoms with Crippen LogP contribution in [-0.2, 0) is 4.79 Å². The highest BCUT2D eigenvalue weighted by Crippen LogP contribution is 2.34. The first-order valence-corrected chi connectivity index (χ1v) is 11.5. The smallest absolute Gasteiger partial charge is 0.234 e. The molecule has 27 heavy (non-hydrogen) atoms. The van der Waals surface area contributed by atoms with Crippen LogP contribution in [0.5, 0.6) is 0 Å². The van der Waals surface area contributed by atoms with Gasteiger partial charge in [-0.05, 0) is 38.8 Å². The van der Waals surface area contributed by atoms with Gasteiger partial charge in [0, 0.05) is 24.0 Å². The zero-order valence-corrected chi connectivity index (χ0v) is 17.7. The molecular weight excluding hydrogens is 358 g/mol. The molecule has 0 spiro atoms. The van der Waals surface area contributed by atoms with E-state index in [2.05, 4.69) is 33.8 Å². The summed E-state index contributed by atoms with van der Waals surface area (Å²) in [5.74, 6) is 1.71. The molecule has 1 amide bonds. The van der Waals surface area contributed by atoms with E-state index >= 15 is 0 Å². The summed E-state index contributed by atoms with van der Waals surface area (Å²) in [4.78, 5) is 19.5. The summed E-state index contributed by atoms with van der Waals surface area (Å²) in [6.45, 7) is 7.25. The number of likely N-dealkylation sites (N-methyl/N-ethyl adjacent to an activating group) is 1. The van der Waals surface area contributed by atoms with E-state index in [9.17, 15) is 4.79 Å². The third-order valence-electron chi connectivity index (χ3n) is 6.22. The van der Waals surface area contributed by atoms with Crippen LogP contribution in [0.4, 0.5) is 5.13 Å².